The number of fused-ring (bicyclic) bond motifs is 2. The quantitative estimate of drug-likeness (QED) is 0.563. The topological polar surface area (TPSA) is 20.2 Å². The van der Waals surface area contributed by atoms with E-state index in [-0.39, 0.29) is 0 Å². The van der Waals surface area contributed by atoms with Gasteiger partial charge in [-0.2, -0.15) is 0 Å². The molecule has 2 bridgehead atoms. The molecule has 0 aromatic heterocycles. The highest BCUT2D eigenvalue weighted by molar-refractivity contribution is 5.21. The summed E-state index contributed by atoms with van der Waals surface area (Å²) in [6, 6.07) is 0. The molecule has 0 aromatic rings. The zero-order chi connectivity index (χ0) is 9.85. The minimum atomic E-state index is -0.792. The molecular formula is C12H18O. The average Bonchev–Trinajstić information content (AvgIpc) is 2.51. The molecule has 13 heavy (non-hydrogen) atoms. The summed E-state index contributed by atoms with van der Waals surface area (Å²) in [5.74, 6) is 4.09. The summed E-state index contributed by atoms with van der Waals surface area (Å²) in [6.45, 7) is 6.84. The molecule has 0 amide bonds. The molecule has 2 rings (SSSR count). The Labute approximate surface area is 80.5 Å². The van der Waals surface area contributed by atoms with E-state index in [1.54, 1.807) is 0 Å². The van der Waals surface area contributed by atoms with Gasteiger partial charge < -0.3 is 5.11 Å². The van der Waals surface area contributed by atoms with Gasteiger partial charge in [-0.3, -0.25) is 0 Å². The molecule has 2 saturated carbocycles. The number of hydrogen-bond donors (Lipinski definition) is 1. The number of terminal acetylenes is 1. The van der Waals surface area contributed by atoms with E-state index < -0.39 is 5.60 Å². The van der Waals surface area contributed by atoms with Gasteiger partial charge in [0.25, 0.3) is 0 Å². The zero-order valence-electron chi connectivity index (χ0n) is 8.67. The lowest BCUT2D eigenvalue weighted by Gasteiger charge is -2.42. The van der Waals surface area contributed by atoms with Crippen LogP contribution in [0.1, 0.15) is 33.6 Å². The summed E-state index contributed by atoms with van der Waals surface area (Å²) in [5, 5.41) is 10.2. The minimum absolute atomic E-state index is 0.331. The van der Waals surface area contributed by atoms with Crippen molar-refractivity contribution < 1.29 is 5.11 Å². The van der Waals surface area contributed by atoms with Crippen LogP contribution in [0.4, 0.5) is 0 Å². The molecule has 1 N–H and O–H groups in total. The van der Waals surface area contributed by atoms with Crippen molar-refractivity contribution in [3.63, 3.8) is 0 Å². The first-order valence-electron chi connectivity index (χ1n) is 5.12. The third-order valence-corrected chi connectivity index (χ3v) is 4.79. The first-order chi connectivity index (χ1) is 5.92. The minimum Gasteiger partial charge on any atom is -0.377 e. The molecule has 1 heteroatoms. The Kier molecular flexibility index (Phi) is 1.61. The molecule has 2 fully saturated rings. The second kappa shape index (κ2) is 2.30. The van der Waals surface area contributed by atoms with E-state index in [4.69, 9.17) is 6.42 Å². The van der Waals surface area contributed by atoms with E-state index in [2.05, 4.69) is 26.7 Å². The summed E-state index contributed by atoms with van der Waals surface area (Å²) in [5.41, 5.74) is -0.423. The number of aliphatic hydroxyl groups is 1. The lowest BCUT2D eigenvalue weighted by molar-refractivity contribution is -0.0249. The fraction of sp³-hybridized carbons (Fsp3) is 0.833. The van der Waals surface area contributed by atoms with Gasteiger partial charge in [-0.05, 0) is 30.1 Å². The third-order valence-electron chi connectivity index (χ3n) is 4.79. The summed E-state index contributed by atoms with van der Waals surface area (Å²) in [7, 11) is 0. The fourth-order valence-corrected chi connectivity index (χ4v) is 3.35. The second-order valence-corrected chi connectivity index (χ2v) is 5.42. The molecule has 0 radical (unpaired) electrons. The number of rotatable bonds is 0. The lowest BCUT2D eigenvalue weighted by Crippen LogP contribution is -2.43. The normalized spacial score (nSPS) is 52.1. The highest BCUT2D eigenvalue weighted by Crippen LogP contribution is 2.62. The average molecular weight is 178 g/mol. The lowest BCUT2D eigenvalue weighted by atomic mass is 9.65. The Morgan fingerprint density at radius 3 is 2.46 bits per heavy atom. The SMILES string of the molecule is C#C[C@@]1(O)C[C@@H]2C[C@H]1[C@@H](C)C2(C)C. The van der Waals surface area contributed by atoms with E-state index in [1.165, 1.54) is 0 Å². The van der Waals surface area contributed by atoms with Crippen LogP contribution in [-0.4, -0.2) is 10.7 Å². The van der Waals surface area contributed by atoms with Gasteiger partial charge in [-0.1, -0.05) is 26.7 Å². The molecule has 0 saturated heterocycles. The molecule has 0 spiro atoms. The Bertz CT molecular complexity index is 269. The van der Waals surface area contributed by atoms with Crippen LogP contribution in [0.2, 0.25) is 0 Å². The summed E-state index contributed by atoms with van der Waals surface area (Å²) in [4.78, 5) is 0. The summed E-state index contributed by atoms with van der Waals surface area (Å²) in [6.07, 6.45) is 7.34. The van der Waals surface area contributed by atoms with Crippen molar-refractivity contribution in [2.45, 2.75) is 39.2 Å². The van der Waals surface area contributed by atoms with E-state index in [0.717, 1.165) is 12.8 Å². The first-order valence-corrected chi connectivity index (χ1v) is 5.12. The van der Waals surface area contributed by atoms with Crippen LogP contribution in [0.3, 0.4) is 0 Å². The van der Waals surface area contributed by atoms with Crippen molar-refractivity contribution >= 4 is 0 Å². The van der Waals surface area contributed by atoms with Crippen LogP contribution in [0, 0.1) is 35.5 Å². The number of hydrogen-bond acceptors (Lipinski definition) is 1. The van der Waals surface area contributed by atoms with Gasteiger partial charge in [0.1, 0.15) is 5.60 Å². The third kappa shape index (κ3) is 0.929. The first kappa shape index (κ1) is 9.09. The highest BCUT2D eigenvalue weighted by atomic mass is 16.3. The van der Waals surface area contributed by atoms with Crippen LogP contribution in [0.25, 0.3) is 0 Å². The van der Waals surface area contributed by atoms with Gasteiger partial charge in [0.15, 0.2) is 0 Å². The molecule has 0 heterocycles. The van der Waals surface area contributed by atoms with Crippen LogP contribution < -0.4 is 0 Å². The monoisotopic (exact) mass is 178 g/mol. The Morgan fingerprint density at radius 1 is 1.46 bits per heavy atom. The Balaban J connectivity index is 2.33. The highest BCUT2D eigenvalue weighted by Gasteiger charge is 2.60. The Hall–Kier alpha value is -0.480. The maximum Gasteiger partial charge on any atom is 0.128 e. The Morgan fingerprint density at radius 2 is 2.08 bits per heavy atom. The molecule has 1 nitrogen and oxygen atoms in total. The predicted molar refractivity (Wildman–Crippen MR) is 52.9 cm³/mol. The van der Waals surface area contributed by atoms with Crippen molar-refractivity contribution in [1.82, 2.24) is 0 Å². The summed E-state index contributed by atoms with van der Waals surface area (Å²) >= 11 is 0. The molecule has 72 valence electrons. The molecule has 2 aliphatic carbocycles. The predicted octanol–water partition coefficient (Wildman–Crippen LogP) is 2.05. The molecule has 0 aromatic carbocycles. The molecule has 0 unspecified atom stereocenters. The van der Waals surface area contributed by atoms with Gasteiger partial charge in [0.05, 0.1) is 0 Å². The molecular weight excluding hydrogens is 160 g/mol. The maximum atomic E-state index is 10.2. The van der Waals surface area contributed by atoms with Crippen LogP contribution in [0.5, 0.6) is 0 Å². The van der Waals surface area contributed by atoms with Crippen molar-refractivity contribution in [3.05, 3.63) is 0 Å². The summed E-state index contributed by atoms with van der Waals surface area (Å²) < 4.78 is 0. The standard InChI is InChI=1S/C12H18O/c1-5-12(13)7-9-6-10(12)8(2)11(9,3)4/h1,8-10,13H,6-7H2,2-4H3/t8-,9+,10+,12-/m1/s1. The van der Waals surface area contributed by atoms with E-state index in [9.17, 15) is 5.11 Å². The van der Waals surface area contributed by atoms with E-state index in [1.807, 2.05) is 0 Å². The van der Waals surface area contributed by atoms with Crippen LogP contribution in [-0.2, 0) is 0 Å². The van der Waals surface area contributed by atoms with Crippen molar-refractivity contribution in [3.8, 4) is 12.3 Å². The molecule has 0 aliphatic heterocycles. The zero-order valence-corrected chi connectivity index (χ0v) is 8.67. The maximum absolute atomic E-state index is 10.2. The largest absolute Gasteiger partial charge is 0.377 e. The van der Waals surface area contributed by atoms with Gasteiger partial charge >= 0.3 is 0 Å². The van der Waals surface area contributed by atoms with Crippen molar-refractivity contribution in [1.29, 1.82) is 0 Å². The van der Waals surface area contributed by atoms with Gasteiger partial charge in [-0.25, -0.2) is 0 Å². The van der Waals surface area contributed by atoms with Crippen molar-refractivity contribution in [2.24, 2.45) is 23.2 Å². The van der Waals surface area contributed by atoms with E-state index in [0.29, 0.717) is 23.2 Å². The molecule has 4 atom stereocenters. The van der Waals surface area contributed by atoms with Gasteiger partial charge in [0.2, 0.25) is 0 Å². The van der Waals surface area contributed by atoms with Crippen LogP contribution >= 0.6 is 0 Å². The smallest absolute Gasteiger partial charge is 0.128 e. The second-order valence-electron chi connectivity index (χ2n) is 5.42. The molecule has 2 aliphatic rings. The van der Waals surface area contributed by atoms with Crippen LogP contribution in [0.15, 0.2) is 0 Å². The van der Waals surface area contributed by atoms with Gasteiger partial charge in [0, 0.05) is 5.92 Å². The fourth-order valence-electron chi connectivity index (χ4n) is 3.35. The van der Waals surface area contributed by atoms with Gasteiger partial charge in [-0.15, -0.1) is 6.42 Å². The van der Waals surface area contributed by atoms with E-state index >= 15 is 0 Å². The van der Waals surface area contributed by atoms with Crippen molar-refractivity contribution in [2.75, 3.05) is 0 Å².